The highest BCUT2D eigenvalue weighted by molar-refractivity contribution is 7.80. The highest BCUT2D eigenvalue weighted by atomic mass is 32.1. The van der Waals surface area contributed by atoms with E-state index < -0.39 is 0 Å². The third-order valence-electron chi connectivity index (χ3n) is 2.74. The molecular weight excluding hydrogens is 244 g/mol. The van der Waals surface area contributed by atoms with E-state index in [1.165, 1.54) is 0 Å². The summed E-state index contributed by atoms with van der Waals surface area (Å²) in [5.41, 5.74) is 1.17. The number of hydrogen-bond donors (Lipinski definition) is 2. The van der Waals surface area contributed by atoms with Gasteiger partial charge in [-0.2, -0.15) is 0 Å². The van der Waals surface area contributed by atoms with Gasteiger partial charge in [-0.25, -0.2) is 0 Å². The lowest BCUT2D eigenvalue weighted by Gasteiger charge is -2.25. The first-order valence-corrected chi connectivity index (χ1v) is 6.53. The van der Waals surface area contributed by atoms with E-state index in [-0.39, 0.29) is 5.41 Å². The SMILES string of the molecule is COCCC(C)(C)CNC(=S)Nc1ccccc1. The van der Waals surface area contributed by atoms with Crippen molar-refractivity contribution in [2.75, 3.05) is 25.6 Å². The topological polar surface area (TPSA) is 33.3 Å². The molecule has 0 spiro atoms. The Hall–Kier alpha value is -1.13. The maximum atomic E-state index is 5.26. The molecule has 0 atom stereocenters. The van der Waals surface area contributed by atoms with Gasteiger partial charge in [-0.1, -0.05) is 32.0 Å². The van der Waals surface area contributed by atoms with Crippen LogP contribution in [0.1, 0.15) is 20.3 Å². The van der Waals surface area contributed by atoms with Crippen molar-refractivity contribution in [2.24, 2.45) is 5.41 Å². The molecule has 1 aromatic rings. The van der Waals surface area contributed by atoms with Crippen molar-refractivity contribution in [3.05, 3.63) is 30.3 Å². The summed E-state index contributed by atoms with van der Waals surface area (Å²) >= 11 is 5.26. The van der Waals surface area contributed by atoms with Crippen LogP contribution < -0.4 is 10.6 Å². The molecule has 4 heteroatoms. The normalized spacial score (nSPS) is 11.1. The maximum Gasteiger partial charge on any atom is 0.170 e. The fourth-order valence-electron chi connectivity index (χ4n) is 1.48. The minimum atomic E-state index is 0.165. The van der Waals surface area contributed by atoms with Crippen LogP contribution in [-0.2, 0) is 4.74 Å². The number of hydrogen-bond acceptors (Lipinski definition) is 2. The van der Waals surface area contributed by atoms with Gasteiger partial charge in [0.05, 0.1) is 0 Å². The van der Waals surface area contributed by atoms with Gasteiger partial charge in [0.15, 0.2) is 5.11 Å². The van der Waals surface area contributed by atoms with Crippen LogP contribution in [0.3, 0.4) is 0 Å². The van der Waals surface area contributed by atoms with Gasteiger partial charge < -0.3 is 15.4 Å². The van der Waals surface area contributed by atoms with Crippen molar-refractivity contribution < 1.29 is 4.74 Å². The maximum absolute atomic E-state index is 5.26. The van der Waals surface area contributed by atoms with Crippen LogP contribution in [0.4, 0.5) is 5.69 Å². The van der Waals surface area contributed by atoms with Gasteiger partial charge in [0, 0.05) is 25.9 Å². The largest absolute Gasteiger partial charge is 0.385 e. The van der Waals surface area contributed by atoms with Gasteiger partial charge in [0.25, 0.3) is 0 Å². The summed E-state index contributed by atoms with van der Waals surface area (Å²) in [5.74, 6) is 0. The van der Waals surface area contributed by atoms with Crippen LogP contribution in [-0.4, -0.2) is 25.4 Å². The zero-order valence-corrected chi connectivity index (χ0v) is 12.1. The molecule has 0 aromatic heterocycles. The zero-order valence-electron chi connectivity index (χ0n) is 11.3. The van der Waals surface area contributed by atoms with Crippen LogP contribution in [0.25, 0.3) is 0 Å². The molecule has 0 unspecified atom stereocenters. The Balaban J connectivity index is 2.33. The number of para-hydroxylation sites is 1. The lowest BCUT2D eigenvalue weighted by molar-refractivity contribution is 0.153. The molecule has 0 aliphatic carbocycles. The van der Waals surface area contributed by atoms with Gasteiger partial charge in [0.2, 0.25) is 0 Å². The molecule has 3 nitrogen and oxygen atoms in total. The van der Waals surface area contributed by atoms with E-state index in [2.05, 4.69) is 24.5 Å². The fourth-order valence-corrected chi connectivity index (χ4v) is 1.67. The van der Waals surface area contributed by atoms with Crippen LogP contribution in [0.2, 0.25) is 0 Å². The molecule has 0 heterocycles. The van der Waals surface area contributed by atoms with Crippen molar-refractivity contribution in [3.8, 4) is 0 Å². The van der Waals surface area contributed by atoms with Crippen molar-refractivity contribution in [1.82, 2.24) is 5.32 Å². The molecule has 1 rings (SSSR count). The highest BCUT2D eigenvalue weighted by Crippen LogP contribution is 2.18. The van der Waals surface area contributed by atoms with Crippen LogP contribution in [0.15, 0.2) is 30.3 Å². The molecule has 0 bridgehead atoms. The second-order valence-corrected chi connectivity index (χ2v) is 5.49. The van der Waals surface area contributed by atoms with Crippen molar-refractivity contribution in [3.63, 3.8) is 0 Å². The lowest BCUT2D eigenvalue weighted by Crippen LogP contribution is -2.37. The summed E-state index contributed by atoms with van der Waals surface area (Å²) in [6.07, 6.45) is 1.00. The molecule has 0 radical (unpaired) electrons. The zero-order chi connectivity index (χ0) is 13.4. The van der Waals surface area contributed by atoms with E-state index in [0.717, 1.165) is 25.3 Å². The predicted octanol–water partition coefficient (Wildman–Crippen LogP) is 3.04. The Morgan fingerprint density at radius 1 is 1.28 bits per heavy atom. The Kier molecular flexibility index (Phi) is 6.09. The summed E-state index contributed by atoms with van der Waals surface area (Å²) in [6, 6.07) is 9.92. The number of ether oxygens (including phenoxy) is 1. The summed E-state index contributed by atoms with van der Waals surface area (Å²) in [4.78, 5) is 0. The molecule has 0 saturated heterocycles. The summed E-state index contributed by atoms with van der Waals surface area (Å²) in [6.45, 7) is 6.00. The minimum absolute atomic E-state index is 0.165. The Morgan fingerprint density at radius 3 is 2.56 bits per heavy atom. The number of anilines is 1. The average Bonchev–Trinajstić information content (AvgIpc) is 2.36. The number of methoxy groups -OCH3 is 1. The smallest absolute Gasteiger partial charge is 0.170 e. The van der Waals surface area contributed by atoms with E-state index >= 15 is 0 Å². The number of thiocarbonyl (C=S) groups is 1. The molecular formula is C14H22N2OS. The van der Waals surface area contributed by atoms with Crippen molar-refractivity contribution in [1.29, 1.82) is 0 Å². The van der Waals surface area contributed by atoms with E-state index in [4.69, 9.17) is 17.0 Å². The van der Waals surface area contributed by atoms with Gasteiger partial charge in [-0.05, 0) is 36.2 Å². The van der Waals surface area contributed by atoms with Gasteiger partial charge in [-0.3, -0.25) is 0 Å². The molecule has 2 N–H and O–H groups in total. The molecule has 18 heavy (non-hydrogen) atoms. The molecule has 0 aliphatic heterocycles. The first-order valence-electron chi connectivity index (χ1n) is 6.12. The van der Waals surface area contributed by atoms with E-state index in [9.17, 15) is 0 Å². The second-order valence-electron chi connectivity index (χ2n) is 5.08. The predicted molar refractivity (Wildman–Crippen MR) is 80.9 cm³/mol. The molecule has 0 fully saturated rings. The molecule has 100 valence electrons. The van der Waals surface area contributed by atoms with Gasteiger partial charge in [0.1, 0.15) is 0 Å². The molecule has 0 aliphatic rings. The first-order chi connectivity index (χ1) is 8.53. The number of benzene rings is 1. The quantitative estimate of drug-likeness (QED) is 0.775. The fraction of sp³-hybridized carbons (Fsp3) is 0.500. The van der Waals surface area contributed by atoms with Crippen LogP contribution >= 0.6 is 12.2 Å². The van der Waals surface area contributed by atoms with Gasteiger partial charge >= 0.3 is 0 Å². The first kappa shape index (κ1) is 14.9. The second kappa shape index (κ2) is 7.34. The minimum Gasteiger partial charge on any atom is -0.385 e. The summed E-state index contributed by atoms with van der Waals surface area (Å²) in [5, 5.41) is 7.06. The van der Waals surface area contributed by atoms with E-state index in [0.29, 0.717) is 5.11 Å². The molecule has 1 aromatic carbocycles. The molecule has 0 saturated carbocycles. The van der Waals surface area contributed by atoms with Crippen LogP contribution in [0.5, 0.6) is 0 Å². The van der Waals surface area contributed by atoms with E-state index in [1.807, 2.05) is 30.3 Å². The van der Waals surface area contributed by atoms with Crippen LogP contribution in [0, 0.1) is 5.41 Å². The van der Waals surface area contributed by atoms with E-state index in [1.54, 1.807) is 7.11 Å². The Labute approximate surface area is 115 Å². The van der Waals surface area contributed by atoms with Crippen molar-refractivity contribution in [2.45, 2.75) is 20.3 Å². The highest BCUT2D eigenvalue weighted by Gasteiger charge is 2.17. The summed E-state index contributed by atoms with van der Waals surface area (Å²) in [7, 11) is 1.73. The average molecular weight is 266 g/mol. The number of nitrogens with one attached hydrogen (secondary N) is 2. The monoisotopic (exact) mass is 266 g/mol. The lowest BCUT2D eigenvalue weighted by atomic mass is 9.90. The Morgan fingerprint density at radius 2 is 1.94 bits per heavy atom. The standard InChI is InChI=1S/C14H22N2OS/c1-14(2,9-10-17-3)11-15-13(18)16-12-7-5-4-6-8-12/h4-8H,9-11H2,1-3H3,(H2,15,16,18). The third-order valence-corrected chi connectivity index (χ3v) is 2.99. The van der Waals surface area contributed by atoms with Crippen molar-refractivity contribution >= 4 is 23.0 Å². The Bertz CT molecular complexity index is 365. The molecule has 0 amide bonds. The van der Waals surface area contributed by atoms with Gasteiger partial charge in [-0.15, -0.1) is 0 Å². The summed E-state index contributed by atoms with van der Waals surface area (Å²) < 4.78 is 5.10. The third kappa shape index (κ3) is 5.98. The number of rotatable bonds is 6.